The first-order valence-electron chi connectivity index (χ1n) is 8.68. The SMILES string of the molecule is COc1cccc(C2OCc3cc(O)cc(O)c3C2(O)ON(C)C(=O)C(C)=O)c1. The van der Waals surface area contributed by atoms with Crippen molar-refractivity contribution in [3.63, 3.8) is 0 Å². The number of amides is 1. The van der Waals surface area contributed by atoms with Gasteiger partial charge in [0, 0.05) is 20.0 Å². The lowest BCUT2D eigenvalue weighted by Crippen LogP contribution is -2.48. The van der Waals surface area contributed by atoms with Crippen molar-refractivity contribution in [1.82, 2.24) is 5.06 Å². The molecular weight excluding hydrogens is 382 g/mol. The molecule has 9 nitrogen and oxygen atoms in total. The van der Waals surface area contributed by atoms with Crippen molar-refractivity contribution in [2.75, 3.05) is 14.2 Å². The summed E-state index contributed by atoms with van der Waals surface area (Å²) in [7, 11) is 2.64. The summed E-state index contributed by atoms with van der Waals surface area (Å²) in [5, 5.41) is 32.3. The molecule has 0 fully saturated rings. The summed E-state index contributed by atoms with van der Waals surface area (Å²) < 4.78 is 11.0. The van der Waals surface area contributed by atoms with Crippen LogP contribution in [0.3, 0.4) is 0 Å². The number of ketones is 1. The highest BCUT2D eigenvalue weighted by atomic mass is 16.8. The van der Waals surface area contributed by atoms with Crippen molar-refractivity contribution in [1.29, 1.82) is 0 Å². The first kappa shape index (κ1) is 20.6. The topological polar surface area (TPSA) is 126 Å². The summed E-state index contributed by atoms with van der Waals surface area (Å²) >= 11 is 0. The Morgan fingerprint density at radius 3 is 2.62 bits per heavy atom. The third-order valence-corrected chi connectivity index (χ3v) is 4.56. The number of benzene rings is 2. The molecule has 2 unspecified atom stereocenters. The number of fused-ring (bicyclic) bond motifs is 1. The number of nitrogens with zero attached hydrogens (tertiary/aromatic N) is 1. The van der Waals surface area contributed by atoms with Gasteiger partial charge in [-0.05, 0) is 29.3 Å². The monoisotopic (exact) mass is 403 g/mol. The van der Waals surface area contributed by atoms with Gasteiger partial charge in [0.15, 0.2) is 0 Å². The maximum atomic E-state index is 12.0. The molecule has 1 aliphatic heterocycles. The predicted octanol–water partition coefficient (Wildman–Crippen LogP) is 1.50. The normalized spacial score (nSPS) is 20.6. The van der Waals surface area contributed by atoms with E-state index in [2.05, 4.69) is 0 Å². The molecule has 0 saturated heterocycles. The third kappa shape index (κ3) is 3.75. The highest BCUT2D eigenvalue weighted by Gasteiger charge is 2.50. The quantitative estimate of drug-likeness (QED) is 0.390. The fourth-order valence-electron chi connectivity index (χ4n) is 3.31. The van der Waals surface area contributed by atoms with Gasteiger partial charge >= 0.3 is 5.91 Å². The number of hydrogen-bond donors (Lipinski definition) is 3. The van der Waals surface area contributed by atoms with E-state index in [1.54, 1.807) is 24.3 Å². The van der Waals surface area contributed by atoms with E-state index in [1.165, 1.54) is 13.2 Å². The molecule has 1 heterocycles. The molecule has 29 heavy (non-hydrogen) atoms. The van der Waals surface area contributed by atoms with Crippen LogP contribution in [0.1, 0.15) is 29.7 Å². The van der Waals surface area contributed by atoms with Crippen molar-refractivity contribution in [3.05, 3.63) is 53.1 Å². The molecule has 1 amide bonds. The number of phenols is 2. The van der Waals surface area contributed by atoms with Gasteiger partial charge in [-0.1, -0.05) is 12.1 Å². The number of ether oxygens (including phenoxy) is 2. The largest absolute Gasteiger partial charge is 0.508 e. The van der Waals surface area contributed by atoms with Crippen LogP contribution in [0.5, 0.6) is 17.2 Å². The maximum absolute atomic E-state index is 12.0. The second kappa shape index (κ2) is 7.70. The van der Waals surface area contributed by atoms with Crippen LogP contribution < -0.4 is 4.74 Å². The Balaban J connectivity index is 2.15. The van der Waals surface area contributed by atoms with Crippen LogP contribution in [0.25, 0.3) is 0 Å². The average Bonchev–Trinajstić information content (AvgIpc) is 2.66. The zero-order valence-electron chi connectivity index (χ0n) is 16.1. The fourth-order valence-corrected chi connectivity index (χ4v) is 3.31. The number of phenolic OH excluding ortho intramolecular Hbond substituents is 2. The Morgan fingerprint density at radius 2 is 1.97 bits per heavy atom. The van der Waals surface area contributed by atoms with E-state index in [1.807, 2.05) is 0 Å². The van der Waals surface area contributed by atoms with Crippen molar-refractivity contribution in [2.24, 2.45) is 0 Å². The number of carbonyl (C=O) groups excluding carboxylic acids is 2. The zero-order valence-corrected chi connectivity index (χ0v) is 16.1. The minimum absolute atomic E-state index is 0.0603. The van der Waals surface area contributed by atoms with E-state index < -0.39 is 29.3 Å². The van der Waals surface area contributed by atoms with Gasteiger partial charge in [-0.2, -0.15) is 0 Å². The molecule has 0 spiro atoms. The second-order valence-corrected chi connectivity index (χ2v) is 6.61. The average molecular weight is 403 g/mol. The molecular formula is C20H21NO8. The highest BCUT2D eigenvalue weighted by molar-refractivity contribution is 6.34. The number of hydroxylamine groups is 2. The van der Waals surface area contributed by atoms with Gasteiger partial charge in [-0.15, -0.1) is 0 Å². The molecule has 1 aliphatic rings. The van der Waals surface area contributed by atoms with Gasteiger partial charge in [0.1, 0.15) is 23.4 Å². The van der Waals surface area contributed by atoms with Gasteiger partial charge in [0.25, 0.3) is 5.79 Å². The molecule has 3 N–H and O–H groups in total. The first-order valence-corrected chi connectivity index (χ1v) is 8.68. The van der Waals surface area contributed by atoms with E-state index in [4.69, 9.17) is 14.3 Å². The van der Waals surface area contributed by atoms with E-state index in [0.717, 1.165) is 20.0 Å². The molecule has 3 rings (SSSR count). The third-order valence-electron chi connectivity index (χ3n) is 4.56. The maximum Gasteiger partial charge on any atom is 0.313 e. The highest BCUT2D eigenvalue weighted by Crippen LogP contribution is 2.49. The van der Waals surface area contributed by atoms with Gasteiger partial charge in [-0.3, -0.25) is 9.59 Å². The van der Waals surface area contributed by atoms with E-state index in [9.17, 15) is 24.9 Å². The molecule has 0 bridgehead atoms. The molecule has 2 atom stereocenters. The number of methoxy groups -OCH3 is 1. The Hall–Kier alpha value is -3.14. The molecule has 0 radical (unpaired) electrons. The zero-order chi connectivity index (χ0) is 21.3. The minimum Gasteiger partial charge on any atom is -0.508 e. The van der Waals surface area contributed by atoms with Gasteiger partial charge in [0.05, 0.1) is 19.3 Å². The number of carbonyl (C=O) groups is 2. The lowest BCUT2D eigenvalue weighted by Gasteiger charge is -2.42. The Labute approximate surface area is 166 Å². The van der Waals surface area contributed by atoms with E-state index in [-0.39, 0.29) is 23.5 Å². The van der Waals surface area contributed by atoms with Crippen LogP contribution in [0.2, 0.25) is 0 Å². The van der Waals surface area contributed by atoms with Crippen LogP contribution in [0, 0.1) is 0 Å². The summed E-state index contributed by atoms with van der Waals surface area (Å²) in [6.45, 7) is 1.00. The van der Waals surface area contributed by atoms with Gasteiger partial charge in [-0.25, -0.2) is 9.90 Å². The molecule has 154 valence electrons. The summed E-state index contributed by atoms with van der Waals surface area (Å²) in [4.78, 5) is 29.0. The van der Waals surface area contributed by atoms with E-state index in [0.29, 0.717) is 16.4 Å². The fraction of sp³-hybridized carbons (Fsp3) is 0.300. The molecule has 0 aliphatic carbocycles. The van der Waals surface area contributed by atoms with Gasteiger partial charge < -0.3 is 24.8 Å². The molecule has 0 saturated carbocycles. The Bertz CT molecular complexity index is 959. The van der Waals surface area contributed by atoms with Crippen molar-refractivity contribution in [2.45, 2.75) is 25.4 Å². The second-order valence-electron chi connectivity index (χ2n) is 6.61. The summed E-state index contributed by atoms with van der Waals surface area (Å²) in [6, 6.07) is 8.96. The Kier molecular flexibility index (Phi) is 5.47. The molecule has 0 aromatic heterocycles. The summed E-state index contributed by atoms with van der Waals surface area (Å²) in [5.74, 6) is -4.41. The summed E-state index contributed by atoms with van der Waals surface area (Å²) in [6.07, 6.45) is -1.19. The van der Waals surface area contributed by atoms with Crippen LogP contribution in [0.15, 0.2) is 36.4 Å². The van der Waals surface area contributed by atoms with Crippen molar-refractivity contribution >= 4 is 11.7 Å². The first-order chi connectivity index (χ1) is 13.7. The number of Topliss-reactive ketones (excluding diaryl/α,β-unsaturated/α-hetero) is 1. The number of hydrogen-bond acceptors (Lipinski definition) is 8. The van der Waals surface area contributed by atoms with Crippen LogP contribution in [-0.4, -0.2) is 46.2 Å². The molecule has 2 aromatic carbocycles. The Morgan fingerprint density at radius 1 is 1.24 bits per heavy atom. The van der Waals surface area contributed by atoms with Crippen LogP contribution in [0.4, 0.5) is 0 Å². The van der Waals surface area contributed by atoms with Crippen LogP contribution in [-0.2, 0) is 31.6 Å². The van der Waals surface area contributed by atoms with E-state index >= 15 is 0 Å². The molecule has 9 heteroatoms. The molecule has 2 aromatic rings. The minimum atomic E-state index is -2.39. The summed E-state index contributed by atoms with van der Waals surface area (Å²) in [5.41, 5.74) is 0.610. The predicted molar refractivity (Wildman–Crippen MR) is 98.7 cm³/mol. The smallest absolute Gasteiger partial charge is 0.313 e. The standard InChI is InChI=1S/C20H21NO8/c1-11(22)19(25)21(2)29-20(26)17-13(7-14(23)9-16(17)24)10-28-18(20)12-5-4-6-15(8-12)27-3/h4-9,18,23-24,26H,10H2,1-3H3. The lowest BCUT2D eigenvalue weighted by molar-refractivity contribution is -0.364. The van der Waals surface area contributed by atoms with Crippen LogP contribution >= 0.6 is 0 Å². The van der Waals surface area contributed by atoms with Crippen molar-refractivity contribution < 1.29 is 39.2 Å². The van der Waals surface area contributed by atoms with Crippen molar-refractivity contribution in [3.8, 4) is 17.2 Å². The number of rotatable bonds is 5. The number of likely N-dealkylation sites (N-methyl/N-ethyl adjacent to an activating group) is 1. The number of aliphatic hydroxyl groups is 1. The van der Waals surface area contributed by atoms with Gasteiger partial charge in [0.2, 0.25) is 5.78 Å². The number of aromatic hydroxyl groups is 2. The lowest BCUT2D eigenvalue weighted by atomic mass is 9.88.